The number of rotatable bonds is 7. The van der Waals surface area contributed by atoms with Gasteiger partial charge in [-0.3, -0.25) is 14.5 Å². The van der Waals surface area contributed by atoms with E-state index in [1.165, 1.54) is 24.3 Å². The van der Waals surface area contributed by atoms with Gasteiger partial charge in [-0.05, 0) is 36.7 Å². The molecule has 2 heterocycles. The lowest BCUT2D eigenvalue weighted by atomic mass is 9.94. The van der Waals surface area contributed by atoms with Gasteiger partial charge in [-0.15, -0.1) is 0 Å². The number of piperidine rings is 1. The monoisotopic (exact) mass is 483 g/mol. The second-order valence-corrected chi connectivity index (χ2v) is 9.04. The molecule has 0 aromatic heterocycles. The van der Waals surface area contributed by atoms with Crippen molar-refractivity contribution < 1.29 is 29.3 Å². The van der Waals surface area contributed by atoms with Crippen LogP contribution < -0.4 is 0 Å². The van der Waals surface area contributed by atoms with Crippen LogP contribution in [0.3, 0.4) is 0 Å². The van der Waals surface area contributed by atoms with Gasteiger partial charge in [0, 0.05) is 64.3 Å². The molecule has 2 aliphatic rings. The van der Waals surface area contributed by atoms with Gasteiger partial charge in [0.15, 0.2) is 0 Å². The summed E-state index contributed by atoms with van der Waals surface area (Å²) in [5, 5.41) is 29.8. The number of carbonyl (C=O) groups excluding carboxylic acids is 2. The summed E-state index contributed by atoms with van der Waals surface area (Å²) in [5.74, 6) is -1.05. The van der Waals surface area contributed by atoms with Crippen LogP contribution >= 0.6 is 11.6 Å². The Kier molecular flexibility index (Phi) is 9.22. The number of benzene rings is 1. The van der Waals surface area contributed by atoms with Crippen molar-refractivity contribution in [3.8, 4) is 0 Å². The summed E-state index contributed by atoms with van der Waals surface area (Å²) < 4.78 is 13.3. The third-order valence-corrected chi connectivity index (χ3v) is 6.49. The highest BCUT2D eigenvalue weighted by Gasteiger charge is 2.29. The molecule has 3 rings (SSSR count). The highest BCUT2D eigenvalue weighted by molar-refractivity contribution is 6.30. The van der Waals surface area contributed by atoms with Crippen molar-refractivity contribution in [3.05, 3.63) is 40.7 Å². The summed E-state index contributed by atoms with van der Waals surface area (Å²) >= 11 is 5.76. The highest BCUT2D eigenvalue weighted by atomic mass is 35.5. The molecule has 182 valence electrons. The molecule has 0 bridgehead atoms. The lowest BCUT2D eigenvalue weighted by Crippen LogP contribution is -2.49. The van der Waals surface area contributed by atoms with Gasteiger partial charge in [0.2, 0.25) is 11.8 Å². The standard InChI is InChI=1S/C23H31ClFN3O5/c24-19-11-16(1-3-20(19)25)2-4-22(32)27-8-6-23(33)28(10-9-27)13-18(30)12-26-7-5-17(15-29)21(31)14-26/h1-4,11,17-18,21,29-31H,5-10,12-15H2/b4-2+/t17-,18-,21+/m0/s1. The lowest BCUT2D eigenvalue weighted by molar-refractivity contribution is -0.132. The fraction of sp³-hybridized carbons (Fsp3) is 0.565. The Bertz CT molecular complexity index is 870. The number of aliphatic hydroxyl groups excluding tert-OH is 3. The summed E-state index contributed by atoms with van der Waals surface area (Å²) in [6.45, 7) is 2.40. The normalized spacial score (nSPS) is 23.7. The van der Waals surface area contributed by atoms with Gasteiger partial charge in [0.1, 0.15) is 5.82 Å². The number of hydrogen-bond acceptors (Lipinski definition) is 6. The van der Waals surface area contributed by atoms with Crippen LogP contribution in [0.25, 0.3) is 6.08 Å². The van der Waals surface area contributed by atoms with Gasteiger partial charge in [-0.1, -0.05) is 17.7 Å². The van der Waals surface area contributed by atoms with Gasteiger partial charge in [-0.25, -0.2) is 4.39 Å². The zero-order valence-electron chi connectivity index (χ0n) is 18.4. The Hall–Kier alpha value is -2.04. The van der Waals surface area contributed by atoms with E-state index >= 15 is 0 Å². The van der Waals surface area contributed by atoms with Crippen LogP contribution in [0.15, 0.2) is 24.3 Å². The first-order chi connectivity index (χ1) is 15.8. The van der Waals surface area contributed by atoms with Crippen molar-refractivity contribution in [1.82, 2.24) is 14.7 Å². The fourth-order valence-corrected chi connectivity index (χ4v) is 4.39. The van der Waals surface area contributed by atoms with E-state index in [0.29, 0.717) is 44.7 Å². The number of likely N-dealkylation sites (tertiary alicyclic amines) is 1. The second-order valence-electron chi connectivity index (χ2n) is 8.63. The van der Waals surface area contributed by atoms with E-state index in [-0.39, 0.29) is 48.9 Å². The first-order valence-corrected chi connectivity index (χ1v) is 11.5. The van der Waals surface area contributed by atoms with Gasteiger partial charge in [0.25, 0.3) is 0 Å². The third-order valence-electron chi connectivity index (χ3n) is 6.20. The molecular formula is C23H31ClFN3O5. The van der Waals surface area contributed by atoms with Crippen molar-refractivity contribution in [2.45, 2.75) is 25.0 Å². The SMILES string of the molecule is O=C(/C=C/c1ccc(F)c(Cl)c1)N1CCC(=O)N(C[C@@H](O)CN2CC[C@@H](CO)[C@H](O)C2)CC1. The van der Waals surface area contributed by atoms with Gasteiger partial charge >= 0.3 is 0 Å². The van der Waals surface area contributed by atoms with E-state index in [1.807, 2.05) is 4.90 Å². The number of hydrogen-bond donors (Lipinski definition) is 3. The minimum absolute atomic E-state index is 0.0218. The van der Waals surface area contributed by atoms with E-state index in [9.17, 15) is 29.3 Å². The van der Waals surface area contributed by atoms with Crippen molar-refractivity contribution in [2.24, 2.45) is 5.92 Å². The smallest absolute Gasteiger partial charge is 0.246 e. The molecule has 1 aromatic rings. The quantitative estimate of drug-likeness (QED) is 0.490. The molecule has 0 aliphatic carbocycles. The van der Waals surface area contributed by atoms with Crippen molar-refractivity contribution in [1.29, 1.82) is 0 Å². The molecule has 3 N–H and O–H groups in total. The van der Waals surface area contributed by atoms with Crippen LogP contribution in [0.4, 0.5) is 4.39 Å². The van der Waals surface area contributed by atoms with Gasteiger partial charge < -0.3 is 25.1 Å². The van der Waals surface area contributed by atoms with E-state index in [4.69, 9.17) is 11.6 Å². The molecule has 2 amide bonds. The van der Waals surface area contributed by atoms with Gasteiger partial charge in [0.05, 0.1) is 17.2 Å². The maximum Gasteiger partial charge on any atom is 0.246 e. The largest absolute Gasteiger partial charge is 0.396 e. The molecule has 2 saturated heterocycles. The molecule has 10 heteroatoms. The van der Waals surface area contributed by atoms with Crippen LogP contribution in [-0.4, -0.2) is 106 Å². The number of β-amino-alcohol motifs (C(OH)–C–C–N with tert-alkyl or cyclic N) is 2. The first-order valence-electron chi connectivity index (χ1n) is 11.2. The molecule has 33 heavy (non-hydrogen) atoms. The molecule has 0 radical (unpaired) electrons. The third kappa shape index (κ3) is 7.22. The van der Waals surface area contributed by atoms with E-state index in [0.717, 1.165) is 0 Å². The molecule has 2 fully saturated rings. The first kappa shape index (κ1) is 25.6. The molecule has 3 atom stereocenters. The molecular weight excluding hydrogens is 453 g/mol. The summed E-state index contributed by atoms with van der Waals surface area (Å²) in [6, 6.07) is 4.18. The molecule has 0 unspecified atom stereocenters. The maximum atomic E-state index is 13.3. The molecule has 0 saturated carbocycles. The number of carbonyl (C=O) groups is 2. The minimum atomic E-state index is -0.780. The van der Waals surface area contributed by atoms with Crippen LogP contribution in [-0.2, 0) is 9.59 Å². The zero-order valence-corrected chi connectivity index (χ0v) is 19.2. The van der Waals surface area contributed by atoms with Crippen molar-refractivity contribution >= 4 is 29.5 Å². The zero-order chi connectivity index (χ0) is 24.0. The summed E-state index contributed by atoms with van der Waals surface area (Å²) in [7, 11) is 0. The lowest BCUT2D eigenvalue weighted by Gasteiger charge is -2.36. The predicted octanol–water partition coefficient (Wildman–Crippen LogP) is 0.589. The Morgan fingerprint density at radius 3 is 2.73 bits per heavy atom. The van der Waals surface area contributed by atoms with Crippen molar-refractivity contribution in [2.75, 3.05) is 52.4 Å². The Balaban J connectivity index is 1.49. The number of aliphatic hydroxyl groups is 3. The minimum Gasteiger partial charge on any atom is -0.396 e. The van der Waals surface area contributed by atoms with E-state index in [1.54, 1.807) is 15.9 Å². The Morgan fingerprint density at radius 1 is 1.24 bits per heavy atom. The van der Waals surface area contributed by atoms with Crippen LogP contribution in [0.5, 0.6) is 0 Å². The number of amides is 2. The highest BCUT2D eigenvalue weighted by Crippen LogP contribution is 2.18. The summed E-state index contributed by atoms with van der Waals surface area (Å²) in [4.78, 5) is 30.2. The Morgan fingerprint density at radius 2 is 2.03 bits per heavy atom. The average molecular weight is 484 g/mol. The number of nitrogens with zero attached hydrogens (tertiary/aromatic N) is 3. The predicted molar refractivity (Wildman–Crippen MR) is 122 cm³/mol. The molecule has 0 spiro atoms. The summed E-state index contributed by atoms with van der Waals surface area (Å²) in [6.07, 6.45) is 2.33. The number of halogens is 2. The molecule has 1 aromatic carbocycles. The topological polar surface area (TPSA) is 105 Å². The fourth-order valence-electron chi connectivity index (χ4n) is 4.20. The maximum absolute atomic E-state index is 13.3. The van der Waals surface area contributed by atoms with Crippen LogP contribution in [0.1, 0.15) is 18.4 Å². The molecule has 2 aliphatic heterocycles. The van der Waals surface area contributed by atoms with Crippen LogP contribution in [0, 0.1) is 11.7 Å². The van der Waals surface area contributed by atoms with Crippen LogP contribution in [0.2, 0.25) is 5.02 Å². The average Bonchev–Trinajstić information content (AvgIpc) is 2.96. The van der Waals surface area contributed by atoms with E-state index < -0.39 is 18.0 Å². The second kappa shape index (κ2) is 11.9. The molecule has 8 nitrogen and oxygen atoms in total. The Labute approximate surface area is 197 Å². The summed E-state index contributed by atoms with van der Waals surface area (Å²) in [5.41, 5.74) is 0.596. The van der Waals surface area contributed by atoms with Gasteiger partial charge in [-0.2, -0.15) is 0 Å². The van der Waals surface area contributed by atoms with E-state index in [2.05, 4.69) is 0 Å². The van der Waals surface area contributed by atoms with Crippen molar-refractivity contribution in [3.63, 3.8) is 0 Å².